The molecule has 0 N–H and O–H groups in total. The van der Waals surface area contributed by atoms with Gasteiger partial charge in [0, 0.05) is 30.3 Å². The van der Waals surface area contributed by atoms with Crippen LogP contribution in [0.5, 0.6) is 0 Å². The minimum Gasteiger partial charge on any atom is -0.464 e. The van der Waals surface area contributed by atoms with Gasteiger partial charge in [-0.15, -0.1) is 0 Å². The average Bonchev–Trinajstić information content (AvgIpc) is 3.63. The summed E-state index contributed by atoms with van der Waals surface area (Å²) in [6, 6.07) is 7.89. The maximum absolute atomic E-state index is 14.3. The fraction of sp³-hybridized carbons (Fsp3) is 0.424. The zero-order valence-electron chi connectivity index (χ0n) is 26.7. The minimum atomic E-state index is -1.24. The molecule has 1 aliphatic rings. The van der Waals surface area contributed by atoms with E-state index in [-0.39, 0.29) is 36.4 Å². The molecule has 2 amide bonds. The van der Waals surface area contributed by atoms with E-state index in [0.29, 0.717) is 28.0 Å². The number of pyridine rings is 1. The third kappa shape index (κ3) is 5.69. The number of carbonyl (C=O) groups is 3. The summed E-state index contributed by atoms with van der Waals surface area (Å²) < 4.78 is 27.1. The summed E-state index contributed by atoms with van der Waals surface area (Å²) in [6.45, 7) is 15.2. The zero-order valence-corrected chi connectivity index (χ0v) is 27.5. The molecule has 0 unspecified atom stereocenters. The highest BCUT2D eigenvalue weighted by Gasteiger charge is 2.46. The zero-order chi connectivity index (χ0) is 33.1. The van der Waals surface area contributed by atoms with Crippen LogP contribution in [0.3, 0.4) is 0 Å². The van der Waals surface area contributed by atoms with Gasteiger partial charge >= 0.3 is 5.97 Å². The van der Waals surface area contributed by atoms with Gasteiger partial charge in [0.2, 0.25) is 0 Å². The SMILES string of the molecule is CCOC(=O)C(C)(C)n1cc(N2CCN(C(=O)c3cc4nc(-c5ccc(Cl)c(F)c5)cc(C(C)(C)C)c4o3)C(C)(C)C2=O)cn1. The van der Waals surface area contributed by atoms with Gasteiger partial charge < -0.3 is 19.0 Å². The highest BCUT2D eigenvalue weighted by atomic mass is 35.5. The fourth-order valence-electron chi connectivity index (χ4n) is 5.41. The summed E-state index contributed by atoms with van der Waals surface area (Å²) in [7, 11) is 0. The van der Waals surface area contributed by atoms with Crippen LogP contribution in [0.2, 0.25) is 5.02 Å². The lowest BCUT2D eigenvalue weighted by Gasteiger charge is -2.45. The molecule has 12 heteroatoms. The van der Waals surface area contributed by atoms with Gasteiger partial charge in [0.15, 0.2) is 16.9 Å². The summed E-state index contributed by atoms with van der Waals surface area (Å²) in [5.74, 6) is -1.72. The van der Waals surface area contributed by atoms with E-state index in [1.54, 1.807) is 57.8 Å². The van der Waals surface area contributed by atoms with Crippen LogP contribution in [-0.4, -0.2) is 62.7 Å². The van der Waals surface area contributed by atoms with Gasteiger partial charge in [-0.05, 0) is 58.2 Å². The van der Waals surface area contributed by atoms with Crippen molar-refractivity contribution in [1.82, 2.24) is 19.7 Å². The van der Waals surface area contributed by atoms with E-state index in [1.165, 1.54) is 27.9 Å². The molecule has 1 fully saturated rings. The Bertz CT molecular complexity index is 1820. The van der Waals surface area contributed by atoms with Gasteiger partial charge in [0.25, 0.3) is 11.8 Å². The molecular formula is C33H37ClFN5O5. The molecule has 238 valence electrons. The van der Waals surface area contributed by atoms with E-state index in [0.717, 1.165) is 5.56 Å². The van der Waals surface area contributed by atoms with Gasteiger partial charge in [0.1, 0.15) is 16.9 Å². The highest BCUT2D eigenvalue weighted by molar-refractivity contribution is 6.30. The molecule has 0 saturated carbocycles. The Morgan fingerprint density at radius 1 is 1.11 bits per heavy atom. The summed E-state index contributed by atoms with van der Waals surface area (Å²) in [6.07, 6.45) is 3.15. The first-order chi connectivity index (χ1) is 21.0. The molecular weight excluding hydrogens is 601 g/mol. The van der Waals surface area contributed by atoms with Crippen LogP contribution in [0.1, 0.15) is 71.5 Å². The molecule has 0 spiro atoms. The third-order valence-electron chi connectivity index (χ3n) is 8.18. The van der Waals surface area contributed by atoms with Crippen molar-refractivity contribution >= 4 is 46.2 Å². The number of benzene rings is 1. The summed E-state index contributed by atoms with van der Waals surface area (Å²) in [4.78, 5) is 48.0. The average molecular weight is 638 g/mol. The van der Waals surface area contributed by atoms with E-state index in [1.807, 2.05) is 26.8 Å². The molecule has 1 aromatic carbocycles. The standard InChI is InChI=1S/C33H37ClFN5O5/c1-9-44-30(43)33(7,8)40-18-20(17-36-40)38-12-13-39(32(5,6)29(38)42)28(41)26-16-25-27(45-26)21(31(2,3)4)15-24(37-25)19-10-11-22(34)23(35)14-19/h10-11,14-18H,9,12-13H2,1-8H3. The lowest BCUT2D eigenvalue weighted by atomic mass is 9.86. The minimum absolute atomic E-state index is 0.0127. The number of aromatic nitrogens is 3. The van der Waals surface area contributed by atoms with Crippen molar-refractivity contribution in [3.8, 4) is 11.3 Å². The Morgan fingerprint density at radius 2 is 1.82 bits per heavy atom. The molecule has 4 aromatic rings. The first kappa shape index (κ1) is 32.2. The van der Waals surface area contributed by atoms with E-state index in [4.69, 9.17) is 25.7 Å². The number of ether oxygens (including phenoxy) is 1. The van der Waals surface area contributed by atoms with E-state index in [9.17, 15) is 18.8 Å². The Kier molecular flexibility index (Phi) is 8.06. The molecule has 1 aliphatic heterocycles. The second-order valence-electron chi connectivity index (χ2n) is 13.2. The number of halogens is 2. The van der Waals surface area contributed by atoms with Crippen molar-refractivity contribution in [2.45, 2.75) is 71.9 Å². The summed E-state index contributed by atoms with van der Waals surface area (Å²) >= 11 is 5.90. The molecule has 5 rings (SSSR count). The lowest BCUT2D eigenvalue weighted by molar-refractivity contribution is -0.152. The third-order valence-corrected chi connectivity index (χ3v) is 8.48. The molecule has 0 atom stereocenters. The number of anilines is 1. The maximum Gasteiger partial charge on any atom is 0.333 e. The van der Waals surface area contributed by atoms with Crippen LogP contribution >= 0.6 is 11.6 Å². The first-order valence-corrected chi connectivity index (χ1v) is 15.1. The van der Waals surface area contributed by atoms with Crippen molar-refractivity contribution in [3.63, 3.8) is 0 Å². The van der Waals surface area contributed by atoms with Gasteiger partial charge in [0.05, 0.1) is 35.4 Å². The van der Waals surface area contributed by atoms with E-state index < -0.39 is 34.2 Å². The van der Waals surface area contributed by atoms with Gasteiger partial charge in [-0.1, -0.05) is 38.4 Å². The largest absolute Gasteiger partial charge is 0.464 e. The van der Waals surface area contributed by atoms with Crippen molar-refractivity contribution in [2.75, 3.05) is 24.6 Å². The van der Waals surface area contributed by atoms with E-state index >= 15 is 0 Å². The lowest BCUT2D eigenvalue weighted by Crippen LogP contribution is -2.64. The number of furan rings is 1. The second kappa shape index (κ2) is 11.3. The molecule has 10 nitrogen and oxygen atoms in total. The molecule has 1 saturated heterocycles. The first-order valence-electron chi connectivity index (χ1n) is 14.7. The Morgan fingerprint density at radius 3 is 2.47 bits per heavy atom. The molecule has 0 aliphatic carbocycles. The summed E-state index contributed by atoms with van der Waals surface area (Å²) in [5.41, 5.74) is 0.526. The molecule has 45 heavy (non-hydrogen) atoms. The van der Waals surface area contributed by atoms with Crippen LogP contribution in [0.4, 0.5) is 10.1 Å². The fourth-order valence-corrected chi connectivity index (χ4v) is 5.53. The monoisotopic (exact) mass is 637 g/mol. The van der Waals surface area contributed by atoms with Gasteiger partial charge in [-0.3, -0.25) is 14.3 Å². The molecule has 4 heterocycles. The Balaban J connectivity index is 1.45. The smallest absolute Gasteiger partial charge is 0.333 e. The number of amides is 2. The van der Waals surface area contributed by atoms with E-state index in [2.05, 4.69) is 5.10 Å². The number of piperazine rings is 1. The van der Waals surface area contributed by atoms with Crippen molar-refractivity contribution in [3.05, 3.63) is 64.9 Å². The van der Waals surface area contributed by atoms with Crippen LogP contribution in [0, 0.1) is 5.82 Å². The van der Waals surface area contributed by atoms with Crippen LogP contribution in [-0.2, 0) is 25.3 Å². The van der Waals surface area contributed by atoms with Crippen LogP contribution in [0.15, 0.2) is 47.1 Å². The van der Waals surface area contributed by atoms with Crippen LogP contribution in [0.25, 0.3) is 22.4 Å². The number of carbonyl (C=O) groups excluding carboxylic acids is 3. The second-order valence-corrected chi connectivity index (χ2v) is 13.6. The predicted octanol–water partition coefficient (Wildman–Crippen LogP) is 6.35. The van der Waals surface area contributed by atoms with Crippen molar-refractivity contribution < 1.29 is 27.9 Å². The number of esters is 1. The predicted molar refractivity (Wildman–Crippen MR) is 169 cm³/mol. The van der Waals surface area contributed by atoms with Gasteiger partial charge in [-0.25, -0.2) is 14.2 Å². The number of nitrogens with zero attached hydrogens (tertiary/aromatic N) is 5. The summed E-state index contributed by atoms with van der Waals surface area (Å²) in [5, 5.41) is 4.35. The number of fused-ring (bicyclic) bond motifs is 1. The van der Waals surface area contributed by atoms with Crippen molar-refractivity contribution in [2.24, 2.45) is 0 Å². The molecule has 0 radical (unpaired) electrons. The topological polar surface area (TPSA) is 111 Å². The number of hydrogen-bond donors (Lipinski definition) is 0. The Hall–Kier alpha value is -4.25. The quantitative estimate of drug-likeness (QED) is 0.227. The van der Waals surface area contributed by atoms with Gasteiger partial charge in [-0.2, -0.15) is 5.10 Å². The Labute approximate surface area is 266 Å². The van der Waals surface area contributed by atoms with Crippen molar-refractivity contribution in [1.29, 1.82) is 0 Å². The molecule has 0 bridgehead atoms. The maximum atomic E-state index is 14.3. The van der Waals surface area contributed by atoms with Crippen LogP contribution < -0.4 is 4.90 Å². The number of hydrogen-bond acceptors (Lipinski definition) is 7. The highest BCUT2D eigenvalue weighted by Crippen LogP contribution is 2.37. The molecule has 3 aromatic heterocycles. The number of rotatable bonds is 6. The normalized spacial score (nSPS) is 15.6.